The van der Waals surface area contributed by atoms with E-state index in [2.05, 4.69) is 5.32 Å². The van der Waals surface area contributed by atoms with Gasteiger partial charge in [-0.3, -0.25) is 9.59 Å². The lowest BCUT2D eigenvalue weighted by atomic mass is 10.2. The number of hydrogen-bond donors (Lipinski definition) is 2. The molecule has 5 heteroatoms. The molecule has 0 spiro atoms. The van der Waals surface area contributed by atoms with Gasteiger partial charge in [0.1, 0.15) is 0 Å². The Labute approximate surface area is 77.3 Å². The maximum atomic E-state index is 11.3. The molecule has 0 aromatic carbocycles. The molecule has 13 heavy (non-hydrogen) atoms. The predicted octanol–water partition coefficient (Wildman–Crippen LogP) is -1.32. The van der Waals surface area contributed by atoms with Crippen LogP contribution in [0.15, 0.2) is 0 Å². The summed E-state index contributed by atoms with van der Waals surface area (Å²) in [6.07, 6.45) is 0.739. The molecule has 1 fully saturated rings. The quantitative estimate of drug-likeness (QED) is 0.536. The van der Waals surface area contributed by atoms with Gasteiger partial charge in [0.05, 0.1) is 0 Å². The molecule has 1 unspecified atom stereocenters. The molecule has 0 aliphatic carbocycles. The van der Waals surface area contributed by atoms with Gasteiger partial charge in [-0.05, 0) is 19.9 Å². The fourth-order valence-corrected chi connectivity index (χ4v) is 1.34. The lowest BCUT2D eigenvalue weighted by molar-refractivity contribution is -0.150. The van der Waals surface area contributed by atoms with E-state index in [1.54, 1.807) is 4.90 Å². The summed E-state index contributed by atoms with van der Waals surface area (Å²) in [5, 5.41) is 2.53. The van der Waals surface area contributed by atoms with Crippen LogP contribution in [0.5, 0.6) is 0 Å². The summed E-state index contributed by atoms with van der Waals surface area (Å²) < 4.78 is 0. The van der Waals surface area contributed by atoms with Crippen molar-refractivity contribution in [2.75, 3.05) is 19.6 Å². The molecule has 0 aromatic rings. The van der Waals surface area contributed by atoms with Gasteiger partial charge >= 0.3 is 11.8 Å². The van der Waals surface area contributed by atoms with Gasteiger partial charge in [0.15, 0.2) is 0 Å². The van der Waals surface area contributed by atoms with Crippen molar-refractivity contribution in [2.45, 2.75) is 19.4 Å². The van der Waals surface area contributed by atoms with Gasteiger partial charge in [-0.1, -0.05) is 0 Å². The van der Waals surface area contributed by atoms with Crippen LogP contribution in [0.1, 0.15) is 13.3 Å². The zero-order valence-corrected chi connectivity index (χ0v) is 7.75. The first-order valence-electron chi connectivity index (χ1n) is 4.45. The van der Waals surface area contributed by atoms with E-state index in [9.17, 15) is 9.59 Å². The van der Waals surface area contributed by atoms with E-state index < -0.39 is 11.8 Å². The Hall–Kier alpha value is -1.10. The van der Waals surface area contributed by atoms with E-state index in [-0.39, 0.29) is 6.04 Å². The molecule has 0 aromatic heterocycles. The minimum Gasteiger partial charge on any atom is -0.346 e. The number of nitrogens with two attached hydrogens (primary N) is 1. The summed E-state index contributed by atoms with van der Waals surface area (Å²) in [6.45, 7) is 3.56. The monoisotopic (exact) mass is 185 g/mol. The zero-order valence-electron chi connectivity index (χ0n) is 7.75. The Morgan fingerprint density at radius 2 is 2.31 bits per heavy atom. The molecule has 2 amide bonds. The normalized spacial score (nSPS) is 23.2. The molecule has 1 aliphatic rings. The summed E-state index contributed by atoms with van der Waals surface area (Å²) >= 11 is 0. The van der Waals surface area contributed by atoms with Gasteiger partial charge in [0, 0.05) is 19.1 Å². The smallest absolute Gasteiger partial charge is 0.312 e. The first-order valence-corrected chi connectivity index (χ1v) is 4.45. The van der Waals surface area contributed by atoms with E-state index in [0.29, 0.717) is 19.6 Å². The summed E-state index contributed by atoms with van der Waals surface area (Å²) in [5.41, 5.74) is 5.33. The number of nitrogens with one attached hydrogen (secondary N) is 1. The van der Waals surface area contributed by atoms with Crippen molar-refractivity contribution < 1.29 is 9.59 Å². The van der Waals surface area contributed by atoms with Gasteiger partial charge < -0.3 is 16.0 Å². The Kier molecular flexibility index (Phi) is 3.25. The Balaban J connectivity index is 2.56. The molecule has 1 atom stereocenters. The van der Waals surface area contributed by atoms with Crippen LogP contribution in [0.25, 0.3) is 0 Å². The highest BCUT2D eigenvalue weighted by atomic mass is 16.2. The lowest BCUT2D eigenvalue weighted by Gasteiger charge is -2.32. The Morgan fingerprint density at radius 1 is 1.62 bits per heavy atom. The second-order valence-electron chi connectivity index (χ2n) is 3.20. The van der Waals surface area contributed by atoms with Crippen LogP contribution < -0.4 is 11.1 Å². The average molecular weight is 185 g/mol. The third-order valence-corrected chi connectivity index (χ3v) is 2.15. The minimum absolute atomic E-state index is 0.0803. The Morgan fingerprint density at radius 3 is 2.92 bits per heavy atom. The van der Waals surface area contributed by atoms with Crippen molar-refractivity contribution in [3.05, 3.63) is 0 Å². The third-order valence-electron chi connectivity index (χ3n) is 2.15. The molecular weight excluding hydrogens is 170 g/mol. The zero-order chi connectivity index (χ0) is 9.84. The number of nitrogens with zero attached hydrogens (tertiary/aromatic N) is 1. The largest absolute Gasteiger partial charge is 0.346 e. The lowest BCUT2D eigenvalue weighted by Crippen LogP contribution is -2.57. The van der Waals surface area contributed by atoms with Crippen molar-refractivity contribution in [3.63, 3.8) is 0 Å². The van der Waals surface area contributed by atoms with Crippen LogP contribution in [0.2, 0.25) is 0 Å². The molecule has 1 aliphatic heterocycles. The van der Waals surface area contributed by atoms with Crippen LogP contribution >= 0.6 is 0 Å². The number of piperazine rings is 1. The summed E-state index contributed by atoms with van der Waals surface area (Å²) in [5.74, 6) is -0.942. The summed E-state index contributed by atoms with van der Waals surface area (Å²) in [7, 11) is 0. The van der Waals surface area contributed by atoms with E-state index in [1.807, 2.05) is 6.92 Å². The highest BCUT2D eigenvalue weighted by Crippen LogP contribution is 2.04. The van der Waals surface area contributed by atoms with Gasteiger partial charge in [-0.15, -0.1) is 0 Å². The third kappa shape index (κ3) is 2.18. The second-order valence-corrected chi connectivity index (χ2v) is 3.20. The summed E-state index contributed by atoms with van der Waals surface area (Å²) in [4.78, 5) is 23.9. The minimum atomic E-state index is -0.505. The van der Waals surface area contributed by atoms with E-state index in [0.717, 1.165) is 6.42 Å². The number of carbonyl (C=O) groups is 2. The van der Waals surface area contributed by atoms with E-state index in [4.69, 9.17) is 5.73 Å². The maximum Gasteiger partial charge on any atom is 0.312 e. The summed E-state index contributed by atoms with van der Waals surface area (Å²) in [6, 6.07) is 0.0803. The average Bonchev–Trinajstić information content (AvgIpc) is 2.12. The maximum absolute atomic E-state index is 11.3. The molecule has 0 bridgehead atoms. The van der Waals surface area contributed by atoms with Gasteiger partial charge in [-0.25, -0.2) is 0 Å². The fraction of sp³-hybridized carbons (Fsp3) is 0.750. The molecule has 3 N–H and O–H groups in total. The van der Waals surface area contributed by atoms with Crippen LogP contribution in [0.4, 0.5) is 0 Å². The van der Waals surface area contributed by atoms with Crippen molar-refractivity contribution in [1.29, 1.82) is 0 Å². The molecular formula is C8H15N3O2. The van der Waals surface area contributed by atoms with Gasteiger partial charge in [-0.2, -0.15) is 0 Å². The van der Waals surface area contributed by atoms with Crippen LogP contribution in [-0.4, -0.2) is 42.4 Å². The van der Waals surface area contributed by atoms with Crippen LogP contribution in [-0.2, 0) is 9.59 Å². The van der Waals surface area contributed by atoms with Crippen molar-refractivity contribution in [3.8, 4) is 0 Å². The first kappa shape index (κ1) is 9.98. The van der Waals surface area contributed by atoms with E-state index in [1.165, 1.54) is 0 Å². The fourth-order valence-electron chi connectivity index (χ4n) is 1.34. The van der Waals surface area contributed by atoms with Crippen molar-refractivity contribution in [1.82, 2.24) is 10.2 Å². The number of hydrogen-bond acceptors (Lipinski definition) is 3. The molecule has 0 radical (unpaired) electrons. The highest BCUT2D eigenvalue weighted by molar-refractivity contribution is 6.35. The standard InChI is InChI=1S/C8H15N3O2/c1-6-5-10-7(12)8(13)11(6)4-2-3-9/h6H,2-5,9H2,1H3,(H,10,12). The molecule has 5 nitrogen and oxygen atoms in total. The van der Waals surface area contributed by atoms with Crippen LogP contribution in [0.3, 0.4) is 0 Å². The predicted molar refractivity (Wildman–Crippen MR) is 47.9 cm³/mol. The molecule has 1 rings (SSSR count). The molecule has 74 valence electrons. The van der Waals surface area contributed by atoms with Crippen molar-refractivity contribution >= 4 is 11.8 Å². The van der Waals surface area contributed by atoms with Crippen molar-refractivity contribution in [2.24, 2.45) is 5.73 Å². The molecule has 0 saturated carbocycles. The Bertz CT molecular complexity index is 217. The number of amides is 2. The van der Waals surface area contributed by atoms with Gasteiger partial charge in [0.2, 0.25) is 0 Å². The molecule has 1 heterocycles. The number of rotatable bonds is 3. The van der Waals surface area contributed by atoms with Crippen LogP contribution in [0, 0.1) is 0 Å². The highest BCUT2D eigenvalue weighted by Gasteiger charge is 2.30. The van der Waals surface area contributed by atoms with E-state index >= 15 is 0 Å². The SMILES string of the molecule is CC1CNC(=O)C(=O)N1CCCN. The van der Waals surface area contributed by atoms with Gasteiger partial charge in [0.25, 0.3) is 0 Å². The second kappa shape index (κ2) is 4.23. The topological polar surface area (TPSA) is 75.4 Å². The molecule has 1 saturated heterocycles. The first-order chi connectivity index (χ1) is 6.16. The number of carbonyl (C=O) groups excluding carboxylic acids is 2.